The van der Waals surface area contributed by atoms with E-state index < -0.39 is 0 Å². The number of amides is 1. The van der Waals surface area contributed by atoms with Gasteiger partial charge in [0.25, 0.3) is 0 Å². The maximum Gasteiger partial charge on any atom is 0.240 e. The fraction of sp³-hybridized carbons (Fsp3) is 0.238. The SMILES string of the molecule is CCCCNC(=O)Cn1c(/C=C/c2ccccc2)nc2ccccc21. The van der Waals surface area contributed by atoms with Crippen molar-refractivity contribution in [2.24, 2.45) is 0 Å². The van der Waals surface area contributed by atoms with E-state index in [-0.39, 0.29) is 12.5 Å². The van der Waals surface area contributed by atoms with Gasteiger partial charge in [-0.1, -0.05) is 61.9 Å². The maximum absolute atomic E-state index is 12.3. The monoisotopic (exact) mass is 333 g/mol. The van der Waals surface area contributed by atoms with Crippen LogP contribution in [0.25, 0.3) is 23.2 Å². The van der Waals surface area contributed by atoms with Crippen LogP contribution in [0.15, 0.2) is 54.6 Å². The van der Waals surface area contributed by atoms with E-state index in [0.29, 0.717) is 0 Å². The number of hydrogen-bond acceptors (Lipinski definition) is 2. The lowest BCUT2D eigenvalue weighted by Gasteiger charge is -2.08. The zero-order valence-corrected chi connectivity index (χ0v) is 14.5. The number of unbranched alkanes of at least 4 members (excludes halogenated alkanes) is 1. The van der Waals surface area contributed by atoms with Crippen molar-refractivity contribution in [1.29, 1.82) is 0 Å². The first-order valence-electron chi connectivity index (χ1n) is 8.73. The van der Waals surface area contributed by atoms with Crippen molar-refractivity contribution in [3.05, 3.63) is 66.0 Å². The Bertz CT molecular complexity index is 865. The zero-order chi connectivity index (χ0) is 17.5. The van der Waals surface area contributed by atoms with E-state index >= 15 is 0 Å². The Morgan fingerprint density at radius 2 is 1.84 bits per heavy atom. The molecule has 3 aromatic rings. The molecule has 1 amide bonds. The molecule has 0 atom stereocenters. The van der Waals surface area contributed by atoms with Crippen LogP contribution in [0.2, 0.25) is 0 Å². The summed E-state index contributed by atoms with van der Waals surface area (Å²) in [5.74, 6) is 0.807. The number of nitrogens with one attached hydrogen (secondary N) is 1. The summed E-state index contributed by atoms with van der Waals surface area (Å²) >= 11 is 0. The molecule has 0 fully saturated rings. The van der Waals surface area contributed by atoms with Crippen LogP contribution < -0.4 is 5.32 Å². The summed E-state index contributed by atoms with van der Waals surface area (Å²) in [4.78, 5) is 16.9. The minimum absolute atomic E-state index is 0.0194. The Morgan fingerprint density at radius 1 is 1.08 bits per heavy atom. The molecule has 25 heavy (non-hydrogen) atoms. The quantitative estimate of drug-likeness (QED) is 0.661. The highest BCUT2D eigenvalue weighted by Crippen LogP contribution is 2.18. The van der Waals surface area contributed by atoms with Gasteiger partial charge in [-0.15, -0.1) is 0 Å². The highest BCUT2D eigenvalue weighted by Gasteiger charge is 2.11. The molecule has 1 N–H and O–H groups in total. The summed E-state index contributed by atoms with van der Waals surface area (Å²) in [7, 11) is 0. The van der Waals surface area contributed by atoms with Crippen LogP contribution >= 0.6 is 0 Å². The largest absolute Gasteiger partial charge is 0.355 e. The van der Waals surface area contributed by atoms with Crippen molar-refractivity contribution in [3.63, 3.8) is 0 Å². The highest BCUT2D eigenvalue weighted by molar-refractivity contribution is 5.83. The van der Waals surface area contributed by atoms with E-state index in [1.807, 2.05) is 71.3 Å². The second-order valence-electron chi connectivity index (χ2n) is 5.99. The zero-order valence-electron chi connectivity index (χ0n) is 14.5. The molecular weight excluding hydrogens is 310 g/mol. The third-order valence-electron chi connectivity index (χ3n) is 4.06. The van der Waals surface area contributed by atoms with Crippen molar-refractivity contribution >= 4 is 29.1 Å². The minimum Gasteiger partial charge on any atom is -0.355 e. The first-order chi connectivity index (χ1) is 12.3. The van der Waals surface area contributed by atoms with E-state index in [9.17, 15) is 4.79 Å². The lowest BCUT2D eigenvalue weighted by molar-refractivity contribution is -0.121. The molecule has 0 spiro atoms. The van der Waals surface area contributed by atoms with Gasteiger partial charge >= 0.3 is 0 Å². The molecule has 0 aliphatic carbocycles. The molecule has 0 aliphatic heterocycles. The number of nitrogens with zero attached hydrogens (tertiary/aromatic N) is 2. The normalized spacial score (nSPS) is 11.2. The van der Waals surface area contributed by atoms with Crippen LogP contribution in [0.1, 0.15) is 31.2 Å². The van der Waals surface area contributed by atoms with Crippen molar-refractivity contribution in [3.8, 4) is 0 Å². The Kier molecular flexibility index (Phi) is 5.62. The lowest BCUT2D eigenvalue weighted by Crippen LogP contribution is -2.28. The van der Waals surface area contributed by atoms with Crippen molar-refractivity contribution in [2.45, 2.75) is 26.3 Å². The summed E-state index contributed by atoms with van der Waals surface area (Å²) in [6, 6.07) is 18.0. The molecular formula is C21H23N3O. The number of benzene rings is 2. The summed E-state index contributed by atoms with van der Waals surface area (Å²) in [6.07, 6.45) is 6.05. The van der Waals surface area contributed by atoms with E-state index in [1.54, 1.807) is 0 Å². The summed E-state index contributed by atoms with van der Waals surface area (Å²) < 4.78 is 1.97. The van der Waals surface area contributed by atoms with Crippen LogP contribution in [-0.2, 0) is 11.3 Å². The summed E-state index contributed by atoms with van der Waals surface area (Å²) in [6.45, 7) is 3.11. The van der Waals surface area contributed by atoms with Crippen LogP contribution in [0, 0.1) is 0 Å². The Morgan fingerprint density at radius 3 is 2.64 bits per heavy atom. The molecule has 0 aliphatic rings. The third kappa shape index (κ3) is 4.35. The molecule has 2 aromatic carbocycles. The molecule has 0 saturated heterocycles. The molecule has 0 unspecified atom stereocenters. The van der Waals surface area contributed by atoms with E-state index in [0.717, 1.165) is 41.8 Å². The average molecular weight is 333 g/mol. The molecule has 0 radical (unpaired) electrons. The van der Waals surface area contributed by atoms with Gasteiger partial charge in [0.15, 0.2) is 0 Å². The fourth-order valence-electron chi connectivity index (χ4n) is 2.73. The van der Waals surface area contributed by atoms with Gasteiger partial charge in [-0.3, -0.25) is 4.79 Å². The molecule has 1 heterocycles. The second-order valence-corrected chi connectivity index (χ2v) is 5.99. The van der Waals surface area contributed by atoms with Crippen LogP contribution in [-0.4, -0.2) is 22.0 Å². The van der Waals surface area contributed by atoms with Gasteiger partial charge in [-0.05, 0) is 30.2 Å². The number of para-hydroxylation sites is 2. The third-order valence-corrected chi connectivity index (χ3v) is 4.06. The van der Waals surface area contributed by atoms with Gasteiger partial charge in [-0.2, -0.15) is 0 Å². The first-order valence-corrected chi connectivity index (χ1v) is 8.73. The van der Waals surface area contributed by atoms with Crippen molar-refractivity contribution in [1.82, 2.24) is 14.9 Å². The van der Waals surface area contributed by atoms with Gasteiger partial charge in [0.1, 0.15) is 12.4 Å². The van der Waals surface area contributed by atoms with Gasteiger partial charge in [0, 0.05) is 6.54 Å². The molecule has 3 rings (SSSR count). The molecule has 4 heteroatoms. The number of fused-ring (bicyclic) bond motifs is 1. The number of imidazole rings is 1. The predicted octanol–water partition coefficient (Wildman–Crippen LogP) is 4.12. The molecule has 4 nitrogen and oxygen atoms in total. The molecule has 128 valence electrons. The Labute approximate surface area is 148 Å². The number of aromatic nitrogens is 2. The molecule has 0 bridgehead atoms. The second kappa shape index (κ2) is 8.29. The van der Waals surface area contributed by atoms with Gasteiger partial charge in [-0.25, -0.2) is 4.98 Å². The van der Waals surface area contributed by atoms with Gasteiger partial charge in [0.05, 0.1) is 11.0 Å². The van der Waals surface area contributed by atoms with E-state index in [2.05, 4.69) is 17.2 Å². The fourth-order valence-corrected chi connectivity index (χ4v) is 2.73. The van der Waals surface area contributed by atoms with Crippen molar-refractivity contribution < 1.29 is 4.79 Å². The number of carbonyl (C=O) groups excluding carboxylic acids is 1. The maximum atomic E-state index is 12.3. The highest BCUT2D eigenvalue weighted by atomic mass is 16.1. The first kappa shape index (κ1) is 17.0. The average Bonchev–Trinajstić information content (AvgIpc) is 2.99. The van der Waals surface area contributed by atoms with Gasteiger partial charge in [0.2, 0.25) is 5.91 Å². The summed E-state index contributed by atoms with van der Waals surface area (Å²) in [5.41, 5.74) is 2.98. The number of hydrogen-bond donors (Lipinski definition) is 1. The predicted molar refractivity (Wildman–Crippen MR) is 103 cm³/mol. The number of rotatable bonds is 7. The minimum atomic E-state index is 0.0194. The standard InChI is InChI=1S/C21H23N3O/c1-2-3-15-22-21(25)16-24-19-12-8-7-11-18(19)23-20(24)14-13-17-9-5-4-6-10-17/h4-14H,2-3,15-16H2,1H3,(H,22,25)/b14-13+. The van der Waals surface area contributed by atoms with Gasteiger partial charge < -0.3 is 9.88 Å². The van der Waals surface area contributed by atoms with Crippen LogP contribution in [0.4, 0.5) is 0 Å². The Balaban J connectivity index is 1.87. The van der Waals surface area contributed by atoms with Crippen LogP contribution in [0.5, 0.6) is 0 Å². The van der Waals surface area contributed by atoms with Crippen LogP contribution in [0.3, 0.4) is 0 Å². The lowest BCUT2D eigenvalue weighted by atomic mass is 10.2. The Hall–Kier alpha value is -2.88. The smallest absolute Gasteiger partial charge is 0.240 e. The summed E-state index contributed by atoms with van der Waals surface area (Å²) in [5, 5.41) is 2.98. The van der Waals surface area contributed by atoms with E-state index in [4.69, 9.17) is 0 Å². The number of carbonyl (C=O) groups is 1. The van der Waals surface area contributed by atoms with Crippen molar-refractivity contribution in [2.75, 3.05) is 6.54 Å². The topological polar surface area (TPSA) is 46.9 Å². The molecule has 1 aromatic heterocycles. The molecule has 0 saturated carbocycles. The van der Waals surface area contributed by atoms with E-state index in [1.165, 1.54) is 0 Å².